The Balaban J connectivity index is 1.37. The third-order valence-corrected chi connectivity index (χ3v) is 5.25. The van der Waals surface area contributed by atoms with Gasteiger partial charge in [-0.15, -0.1) is 16.4 Å². The number of urea groups is 1. The van der Waals surface area contributed by atoms with Crippen molar-refractivity contribution >= 4 is 34.7 Å². The maximum atomic E-state index is 12.3. The molecular weight excluding hydrogens is 376 g/mol. The molecule has 0 unspecified atom stereocenters. The Morgan fingerprint density at radius 3 is 2.92 bits per heavy atom. The van der Waals surface area contributed by atoms with E-state index in [-0.39, 0.29) is 18.1 Å². The average molecular weight is 391 g/mol. The number of thiophene rings is 1. The predicted molar refractivity (Wildman–Crippen MR) is 98.4 cm³/mol. The molecule has 4 heterocycles. The Bertz CT molecular complexity index is 883. The molecule has 1 aliphatic rings. The Morgan fingerprint density at radius 1 is 1.31 bits per heavy atom. The van der Waals surface area contributed by atoms with Gasteiger partial charge in [-0.2, -0.15) is 0 Å². The molecule has 4 rings (SSSR count). The Hall–Kier alpha value is -2.49. The minimum atomic E-state index is -0.320. The van der Waals surface area contributed by atoms with Crippen molar-refractivity contribution in [2.24, 2.45) is 0 Å². The number of amides is 2. The van der Waals surface area contributed by atoms with Crippen LogP contribution in [0.25, 0.3) is 10.6 Å². The first-order valence-corrected chi connectivity index (χ1v) is 9.11. The summed E-state index contributed by atoms with van der Waals surface area (Å²) in [5.41, 5.74) is 1.41. The van der Waals surface area contributed by atoms with Crippen molar-refractivity contribution in [1.29, 1.82) is 0 Å². The number of nitrogens with zero attached hydrogens (tertiary/aromatic N) is 4. The van der Waals surface area contributed by atoms with Crippen molar-refractivity contribution in [3.63, 3.8) is 0 Å². The Kier molecular flexibility index (Phi) is 4.83. The second kappa shape index (κ2) is 7.40. The zero-order valence-corrected chi connectivity index (χ0v) is 15.1. The molecule has 10 heteroatoms. The smallest absolute Gasteiger partial charge is 0.319 e. The van der Waals surface area contributed by atoms with E-state index < -0.39 is 0 Å². The lowest BCUT2D eigenvalue weighted by Crippen LogP contribution is -2.43. The van der Waals surface area contributed by atoms with Gasteiger partial charge in [0.2, 0.25) is 0 Å². The molecular formula is C16H15ClN6O2S. The third kappa shape index (κ3) is 3.69. The number of pyridine rings is 1. The SMILES string of the molecule is O=C(Nc1ccc(-c2ccc(Cl)s2)nc1)N[C@H]1COC[C@H]1n1ccnn1. The molecule has 2 N–H and O–H groups in total. The molecule has 1 saturated heterocycles. The first kappa shape index (κ1) is 17.0. The van der Waals surface area contributed by atoms with Gasteiger partial charge in [0.05, 0.1) is 58.3 Å². The number of hydrogen-bond acceptors (Lipinski definition) is 6. The van der Waals surface area contributed by atoms with Crippen LogP contribution < -0.4 is 10.6 Å². The quantitative estimate of drug-likeness (QED) is 0.714. The van der Waals surface area contributed by atoms with Crippen molar-refractivity contribution in [2.45, 2.75) is 12.1 Å². The fourth-order valence-corrected chi connectivity index (χ4v) is 3.76. The molecule has 2 atom stereocenters. The van der Waals surface area contributed by atoms with Crippen molar-refractivity contribution in [2.75, 3.05) is 18.5 Å². The van der Waals surface area contributed by atoms with E-state index in [4.69, 9.17) is 16.3 Å². The topological polar surface area (TPSA) is 94.0 Å². The minimum absolute atomic E-state index is 0.0765. The van der Waals surface area contributed by atoms with Crippen LogP contribution in [0.1, 0.15) is 6.04 Å². The average Bonchev–Trinajstić information content (AvgIpc) is 3.36. The fraction of sp³-hybridized carbons (Fsp3) is 0.250. The van der Waals surface area contributed by atoms with E-state index in [9.17, 15) is 4.79 Å². The monoisotopic (exact) mass is 390 g/mol. The summed E-state index contributed by atoms with van der Waals surface area (Å²) in [5.74, 6) is 0. The van der Waals surface area contributed by atoms with E-state index in [2.05, 4.69) is 25.9 Å². The predicted octanol–water partition coefficient (Wildman–Crippen LogP) is 2.82. The molecule has 1 aliphatic heterocycles. The molecule has 0 bridgehead atoms. The lowest BCUT2D eigenvalue weighted by Gasteiger charge is -2.19. The van der Waals surface area contributed by atoms with E-state index in [0.717, 1.165) is 10.6 Å². The van der Waals surface area contributed by atoms with Crippen molar-refractivity contribution in [1.82, 2.24) is 25.3 Å². The second-order valence-electron chi connectivity index (χ2n) is 5.73. The van der Waals surface area contributed by atoms with Gasteiger partial charge in [-0.3, -0.25) is 4.98 Å². The molecule has 0 radical (unpaired) electrons. The van der Waals surface area contributed by atoms with Crippen molar-refractivity contribution < 1.29 is 9.53 Å². The molecule has 0 saturated carbocycles. The van der Waals surface area contributed by atoms with Crippen LogP contribution >= 0.6 is 22.9 Å². The summed E-state index contributed by atoms with van der Waals surface area (Å²) >= 11 is 7.40. The van der Waals surface area contributed by atoms with Gasteiger partial charge in [-0.05, 0) is 24.3 Å². The molecule has 134 valence electrons. The summed E-state index contributed by atoms with van der Waals surface area (Å²) in [6.45, 7) is 0.905. The lowest BCUT2D eigenvalue weighted by molar-refractivity contribution is 0.181. The number of carbonyl (C=O) groups excluding carboxylic acids is 1. The first-order valence-electron chi connectivity index (χ1n) is 7.92. The van der Waals surface area contributed by atoms with Gasteiger partial charge in [0.15, 0.2) is 0 Å². The highest BCUT2D eigenvalue weighted by molar-refractivity contribution is 7.19. The van der Waals surface area contributed by atoms with E-state index in [1.807, 2.05) is 18.2 Å². The molecule has 0 aliphatic carbocycles. The van der Waals surface area contributed by atoms with Gasteiger partial charge in [0.25, 0.3) is 0 Å². The molecule has 0 spiro atoms. The summed E-state index contributed by atoms with van der Waals surface area (Å²) in [5, 5.41) is 13.5. The van der Waals surface area contributed by atoms with Crippen LogP contribution in [0.2, 0.25) is 4.34 Å². The van der Waals surface area contributed by atoms with Gasteiger partial charge in [-0.25, -0.2) is 9.48 Å². The number of anilines is 1. The maximum Gasteiger partial charge on any atom is 0.319 e. The first-order chi connectivity index (χ1) is 12.7. The van der Waals surface area contributed by atoms with Gasteiger partial charge < -0.3 is 15.4 Å². The molecule has 3 aromatic rings. The Labute approximate surface area is 158 Å². The van der Waals surface area contributed by atoms with Gasteiger partial charge in [0.1, 0.15) is 0 Å². The number of nitrogens with one attached hydrogen (secondary N) is 2. The molecule has 1 fully saturated rings. The van der Waals surface area contributed by atoms with Crippen LogP contribution in [0, 0.1) is 0 Å². The largest absolute Gasteiger partial charge is 0.377 e. The van der Waals surface area contributed by atoms with Crippen molar-refractivity contribution in [3.05, 3.63) is 47.2 Å². The van der Waals surface area contributed by atoms with Crippen LogP contribution in [0.3, 0.4) is 0 Å². The van der Waals surface area contributed by atoms with Crippen LogP contribution in [0.15, 0.2) is 42.9 Å². The van der Waals surface area contributed by atoms with Crippen LogP contribution in [-0.2, 0) is 4.74 Å². The number of aromatic nitrogens is 4. The number of halogens is 1. The summed E-state index contributed by atoms with van der Waals surface area (Å²) in [7, 11) is 0. The molecule has 2 amide bonds. The normalized spacial score (nSPS) is 19.4. The zero-order chi connectivity index (χ0) is 17.9. The van der Waals surface area contributed by atoms with Gasteiger partial charge >= 0.3 is 6.03 Å². The van der Waals surface area contributed by atoms with Crippen molar-refractivity contribution in [3.8, 4) is 10.6 Å². The summed E-state index contributed by atoms with van der Waals surface area (Å²) in [4.78, 5) is 17.6. The molecule has 0 aromatic carbocycles. The molecule has 26 heavy (non-hydrogen) atoms. The summed E-state index contributed by atoms with van der Waals surface area (Å²) < 4.78 is 7.87. The third-order valence-electron chi connectivity index (χ3n) is 3.99. The number of hydrogen-bond donors (Lipinski definition) is 2. The van der Waals surface area contributed by atoms with Crippen LogP contribution in [0.4, 0.5) is 10.5 Å². The maximum absolute atomic E-state index is 12.3. The molecule has 3 aromatic heterocycles. The van der Waals surface area contributed by atoms with Gasteiger partial charge in [0, 0.05) is 6.20 Å². The van der Waals surface area contributed by atoms with Crippen LogP contribution in [0.5, 0.6) is 0 Å². The molecule has 8 nitrogen and oxygen atoms in total. The number of ether oxygens (including phenoxy) is 1. The number of rotatable bonds is 4. The van der Waals surface area contributed by atoms with Crippen LogP contribution in [-0.4, -0.2) is 45.3 Å². The van der Waals surface area contributed by atoms with E-state index in [0.29, 0.717) is 23.2 Å². The van der Waals surface area contributed by atoms with E-state index in [1.54, 1.807) is 29.3 Å². The highest BCUT2D eigenvalue weighted by atomic mass is 35.5. The summed E-state index contributed by atoms with van der Waals surface area (Å²) in [6, 6.07) is 6.81. The van der Waals surface area contributed by atoms with Gasteiger partial charge in [-0.1, -0.05) is 16.8 Å². The van der Waals surface area contributed by atoms with E-state index >= 15 is 0 Å². The summed E-state index contributed by atoms with van der Waals surface area (Å²) in [6.07, 6.45) is 4.97. The fourth-order valence-electron chi connectivity index (χ4n) is 2.74. The highest BCUT2D eigenvalue weighted by Gasteiger charge is 2.31. The van der Waals surface area contributed by atoms with E-state index in [1.165, 1.54) is 11.3 Å². The standard InChI is InChI=1S/C16H15ClN6O2S/c17-15-4-3-14(26-15)11-2-1-10(7-18-11)20-16(24)21-12-8-25-9-13(12)23-6-5-19-22-23/h1-7,12-13H,8-9H2,(H2,20,21,24)/t12-,13+/m0/s1. The number of carbonyl (C=O) groups is 1. The lowest BCUT2D eigenvalue weighted by atomic mass is 10.2. The highest BCUT2D eigenvalue weighted by Crippen LogP contribution is 2.30. The minimum Gasteiger partial charge on any atom is -0.377 e. The second-order valence-corrected chi connectivity index (χ2v) is 7.44. The zero-order valence-electron chi connectivity index (χ0n) is 13.5. The Morgan fingerprint density at radius 2 is 2.23 bits per heavy atom.